The molecule has 0 saturated carbocycles. The second-order valence-corrected chi connectivity index (χ2v) is 17.3. The van der Waals surface area contributed by atoms with E-state index in [0.717, 1.165) is 55.8 Å². The molecule has 68 heavy (non-hydrogen) atoms. The van der Waals surface area contributed by atoms with Crippen molar-refractivity contribution in [3.05, 3.63) is 249 Å². The molecule has 0 aliphatic rings. The molecule has 0 aliphatic heterocycles. The minimum atomic E-state index is 0.622. The van der Waals surface area contributed by atoms with Crippen molar-refractivity contribution in [2.75, 3.05) is 0 Å². The van der Waals surface area contributed by atoms with E-state index in [1.165, 1.54) is 49.3 Å². The number of fused-ring (bicyclic) bond motifs is 6. The van der Waals surface area contributed by atoms with Crippen molar-refractivity contribution in [1.82, 2.24) is 24.1 Å². The third kappa shape index (κ3) is 6.84. The van der Waals surface area contributed by atoms with Crippen LogP contribution in [0.1, 0.15) is 0 Å². The monoisotopic (exact) mass is 867 g/mol. The van der Waals surface area contributed by atoms with Crippen LogP contribution >= 0.6 is 0 Å². The lowest BCUT2D eigenvalue weighted by Crippen LogP contribution is -2.00. The first-order valence-electron chi connectivity index (χ1n) is 23.0. The highest BCUT2D eigenvalue weighted by molar-refractivity contribution is 6.12. The van der Waals surface area contributed by atoms with Crippen molar-refractivity contribution < 1.29 is 0 Å². The first-order chi connectivity index (χ1) is 33.7. The van der Waals surface area contributed by atoms with Crippen LogP contribution in [0.3, 0.4) is 0 Å². The summed E-state index contributed by atoms with van der Waals surface area (Å²) in [7, 11) is 0. The smallest absolute Gasteiger partial charge is 0.164 e. The largest absolute Gasteiger partial charge is 0.309 e. The van der Waals surface area contributed by atoms with E-state index in [4.69, 9.17) is 15.0 Å². The Balaban J connectivity index is 0.898. The summed E-state index contributed by atoms with van der Waals surface area (Å²) in [5, 5.41) is 4.91. The molecule has 5 heteroatoms. The molecule has 0 saturated heterocycles. The molecule has 0 aliphatic carbocycles. The van der Waals surface area contributed by atoms with Crippen LogP contribution in [0.4, 0.5) is 0 Å². The Bertz CT molecular complexity index is 4000. The SMILES string of the molecule is c1ccc(-c2ccc(-c3nc(-c4ccccc4)nc(-c4cccc(-c5cccc(-n6c7ccccc7c7ccc(-c8ccc9c(c8)c8ccccc8n9-c8ccccc8)cc76)c5)c4)n3)cc2)cc1. The molecule has 0 fully saturated rings. The number of rotatable bonds is 8. The van der Waals surface area contributed by atoms with E-state index in [9.17, 15) is 0 Å². The van der Waals surface area contributed by atoms with Gasteiger partial charge < -0.3 is 9.13 Å². The highest BCUT2D eigenvalue weighted by Gasteiger charge is 2.18. The van der Waals surface area contributed by atoms with E-state index >= 15 is 0 Å². The van der Waals surface area contributed by atoms with Gasteiger partial charge in [0.1, 0.15) is 0 Å². The first kappa shape index (κ1) is 39.2. The van der Waals surface area contributed by atoms with Crippen LogP contribution in [0.2, 0.25) is 0 Å². The maximum absolute atomic E-state index is 5.12. The van der Waals surface area contributed by atoms with Crippen LogP contribution < -0.4 is 0 Å². The topological polar surface area (TPSA) is 48.5 Å². The van der Waals surface area contributed by atoms with E-state index in [1.807, 2.05) is 36.4 Å². The molecule has 0 atom stereocenters. The van der Waals surface area contributed by atoms with Crippen molar-refractivity contribution >= 4 is 43.6 Å². The van der Waals surface area contributed by atoms with Gasteiger partial charge in [0.15, 0.2) is 17.5 Å². The molecule has 0 amide bonds. The molecule has 13 rings (SSSR count). The molecule has 0 N–H and O–H groups in total. The van der Waals surface area contributed by atoms with Gasteiger partial charge in [0.2, 0.25) is 0 Å². The standard InChI is InChI=1S/C63H41N5/c1-4-16-42(17-5-1)43-30-32-45(33-31-43)62-64-61(44-18-6-2-7-19-44)65-63(66-62)50-22-14-20-46(38-50)47-21-15-25-52(39-47)68-57-28-12-10-26-53(57)55-36-34-49(41-60(55)68)48-35-37-59-56(40-48)54-27-11-13-29-58(54)67(59)51-23-8-3-9-24-51/h1-41H. The van der Waals surface area contributed by atoms with Gasteiger partial charge in [-0.25, -0.2) is 15.0 Å². The lowest BCUT2D eigenvalue weighted by molar-refractivity contribution is 1.07. The van der Waals surface area contributed by atoms with E-state index in [2.05, 4.69) is 221 Å². The van der Waals surface area contributed by atoms with Crippen molar-refractivity contribution in [3.8, 4) is 78.9 Å². The average Bonchev–Trinajstić information content (AvgIpc) is 3.94. The summed E-state index contributed by atoms with van der Waals surface area (Å²) in [5.74, 6) is 1.89. The summed E-state index contributed by atoms with van der Waals surface area (Å²) in [6.45, 7) is 0. The van der Waals surface area contributed by atoms with E-state index < -0.39 is 0 Å². The highest BCUT2D eigenvalue weighted by atomic mass is 15.0. The number of nitrogens with zero attached hydrogens (tertiary/aromatic N) is 5. The van der Waals surface area contributed by atoms with Crippen LogP contribution in [0.15, 0.2) is 249 Å². The summed E-state index contributed by atoms with van der Waals surface area (Å²) in [4.78, 5) is 15.2. The number of para-hydroxylation sites is 3. The number of aromatic nitrogens is 5. The molecular weight excluding hydrogens is 827 g/mol. The average molecular weight is 868 g/mol. The molecule has 10 aromatic carbocycles. The summed E-state index contributed by atoms with van der Waals surface area (Å²) in [5.41, 5.74) is 16.6. The fourth-order valence-electron chi connectivity index (χ4n) is 9.89. The minimum Gasteiger partial charge on any atom is -0.309 e. The van der Waals surface area contributed by atoms with Crippen molar-refractivity contribution in [2.24, 2.45) is 0 Å². The Morgan fingerprint density at radius 2 is 0.603 bits per heavy atom. The van der Waals surface area contributed by atoms with Crippen molar-refractivity contribution in [2.45, 2.75) is 0 Å². The van der Waals surface area contributed by atoms with Crippen LogP contribution in [0.5, 0.6) is 0 Å². The van der Waals surface area contributed by atoms with Gasteiger partial charge in [-0.05, 0) is 94.0 Å². The van der Waals surface area contributed by atoms with Gasteiger partial charge in [-0.1, -0.05) is 188 Å². The molecule has 3 aromatic heterocycles. The van der Waals surface area contributed by atoms with Gasteiger partial charge >= 0.3 is 0 Å². The quantitative estimate of drug-likeness (QED) is 0.153. The van der Waals surface area contributed by atoms with Crippen molar-refractivity contribution in [1.29, 1.82) is 0 Å². The van der Waals surface area contributed by atoms with Gasteiger partial charge in [0.05, 0.1) is 22.1 Å². The Hall–Kier alpha value is -9.19. The van der Waals surface area contributed by atoms with Crippen LogP contribution in [0, 0.1) is 0 Å². The van der Waals surface area contributed by atoms with E-state index in [1.54, 1.807) is 0 Å². The lowest BCUT2D eigenvalue weighted by atomic mass is 10.0. The van der Waals surface area contributed by atoms with Gasteiger partial charge in [0.25, 0.3) is 0 Å². The third-order valence-electron chi connectivity index (χ3n) is 13.2. The zero-order chi connectivity index (χ0) is 45.0. The Labute approximate surface area is 393 Å². The predicted octanol–water partition coefficient (Wildman–Crippen LogP) is 16.1. The van der Waals surface area contributed by atoms with Crippen LogP contribution in [0.25, 0.3) is 123 Å². The molecule has 318 valence electrons. The zero-order valence-corrected chi connectivity index (χ0v) is 36.9. The number of hydrogen-bond donors (Lipinski definition) is 0. The third-order valence-corrected chi connectivity index (χ3v) is 13.2. The molecule has 0 radical (unpaired) electrons. The summed E-state index contributed by atoms with van der Waals surface area (Å²) >= 11 is 0. The molecule has 5 nitrogen and oxygen atoms in total. The summed E-state index contributed by atoms with van der Waals surface area (Å²) in [6.07, 6.45) is 0. The second-order valence-electron chi connectivity index (χ2n) is 17.3. The maximum atomic E-state index is 5.12. The molecule has 3 heterocycles. The molecule has 0 unspecified atom stereocenters. The fraction of sp³-hybridized carbons (Fsp3) is 0. The lowest BCUT2D eigenvalue weighted by Gasteiger charge is -2.12. The number of benzene rings is 10. The van der Waals surface area contributed by atoms with Gasteiger partial charge in [-0.2, -0.15) is 0 Å². The van der Waals surface area contributed by atoms with Crippen molar-refractivity contribution in [3.63, 3.8) is 0 Å². The molecular formula is C63H41N5. The second kappa shape index (κ2) is 16.4. The van der Waals surface area contributed by atoms with Gasteiger partial charge in [-0.3, -0.25) is 0 Å². The highest BCUT2D eigenvalue weighted by Crippen LogP contribution is 2.39. The molecule has 0 bridgehead atoms. The summed E-state index contributed by atoms with van der Waals surface area (Å²) < 4.78 is 4.78. The zero-order valence-electron chi connectivity index (χ0n) is 36.9. The fourth-order valence-corrected chi connectivity index (χ4v) is 9.89. The van der Waals surface area contributed by atoms with Gasteiger partial charge in [-0.15, -0.1) is 0 Å². The summed E-state index contributed by atoms with van der Waals surface area (Å²) in [6, 6.07) is 88.3. The van der Waals surface area contributed by atoms with E-state index in [-0.39, 0.29) is 0 Å². The maximum Gasteiger partial charge on any atom is 0.164 e. The minimum absolute atomic E-state index is 0.622. The van der Waals surface area contributed by atoms with Crippen LogP contribution in [-0.2, 0) is 0 Å². The van der Waals surface area contributed by atoms with E-state index in [0.29, 0.717) is 17.5 Å². The Morgan fingerprint density at radius 3 is 1.31 bits per heavy atom. The molecule has 0 spiro atoms. The van der Waals surface area contributed by atoms with Gasteiger partial charge in [0, 0.05) is 49.6 Å². The number of hydrogen-bond acceptors (Lipinski definition) is 3. The first-order valence-corrected chi connectivity index (χ1v) is 23.0. The normalized spacial score (nSPS) is 11.5. The van der Waals surface area contributed by atoms with Crippen LogP contribution in [-0.4, -0.2) is 24.1 Å². The predicted molar refractivity (Wildman–Crippen MR) is 281 cm³/mol. The Kier molecular flexibility index (Phi) is 9.43. The molecule has 13 aromatic rings. The Morgan fingerprint density at radius 1 is 0.206 bits per heavy atom.